The molecule has 0 bridgehead atoms. The zero-order valence-electron chi connectivity index (χ0n) is 12.6. The number of alkyl halides is 1. The highest BCUT2D eigenvalue weighted by Gasteiger charge is 2.33. The molecule has 1 unspecified atom stereocenters. The van der Waals surface area contributed by atoms with Gasteiger partial charge in [0.1, 0.15) is 4.21 Å². The largest absolute Gasteiger partial charge is 0.305 e. The summed E-state index contributed by atoms with van der Waals surface area (Å²) in [6, 6.07) is 3.66. The first-order chi connectivity index (χ1) is 9.98. The number of aryl methyl sites for hydroxylation is 1. The van der Waals surface area contributed by atoms with Crippen LogP contribution in [-0.2, 0) is 16.4 Å². The molecular formula is C14H23ClN2O2S2. The van der Waals surface area contributed by atoms with Gasteiger partial charge in [0.25, 0.3) is 10.0 Å². The maximum Gasteiger partial charge on any atom is 0.252 e. The SMILES string of the molecule is CCC1CN(C)CCCN1S(=O)(=O)c1ccc(CCCl)s1. The van der Waals surface area contributed by atoms with Gasteiger partial charge in [0.15, 0.2) is 0 Å². The number of sulfonamides is 1. The molecule has 1 aliphatic heterocycles. The molecule has 1 atom stereocenters. The Morgan fingerprint density at radius 2 is 2.14 bits per heavy atom. The second-order valence-electron chi connectivity index (χ2n) is 5.45. The van der Waals surface area contributed by atoms with E-state index >= 15 is 0 Å². The van der Waals surface area contributed by atoms with Crippen LogP contribution in [0, 0.1) is 0 Å². The van der Waals surface area contributed by atoms with Gasteiger partial charge in [-0.25, -0.2) is 8.42 Å². The molecule has 1 aliphatic rings. The average molecular weight is 351 g/mol. The van der Waals surface area contributed by atoms with Crippen molar-refractivity contribution in [2.24, 2.45) is 0 Å². The van der Waals surface area contributed by atoms with Crippen molar-refractivity contribution in [1.29, 1.82) is 0 Å². The first-order valence-electron chi connectivity index (χ1n) is 7.34. The quantitative estimate of drug-likeness (QED) is 0.766. The van der Waals surface area contributed by atoms with Gasteiger partial charge in [-0.1, -0.05) is 6.92 Å². The number of hydrogen-bond donors (Lipinski definition) is 0. The monoisotopic (exact) mass is 350 g/mol. The zero-order valence-corrected chi connectivity index (χ0v) is 15.0. The molecule has 0 aliphatic carbocycles. The first kappa shape index (κ1) is 17.2. The topological polar surface area (TPSA) is 40.6 Å². The molecule has 0 radical (unpaired) electrons. The molecule has 0 aromatic carbocycles. The van der Waals surface area contributed by atoms with Crippen LogP contribution in [0.4, 0.5) is 0 Å². The molecule has 1 aromatic rings. The Morgan fingerprint density at radius 3 is 2.81 bits per heavy atom. The fourth-order valence-electron chi connectivity index (χ4n) is 2.71. The molecule has 1 fully saturated rings. The van der Waals surface area contributed by atoms with E-state index in [0.29, 0.717) is 16.6 Å². The van der Waals surface area contributed by atoms with E-state index in [1.165, 1.54) is 11.3 Å². The van der Waals surface area contributed by atoms with E-state index in [1.807, 2.05) is 6.07 Å². The summed E-state index contributed by atoms with van der Waals surface area (Å²) in [4.78, 5) is 3.25. The van der Waals surface area contributed by atoms with Crippen molar-refractivity contribution in [3.63, 3.8) is 0 Å². The minimum atomic E-state index is -3.39. The fourth-order valence-corrected chi connectivity index (χ4v) is 6.24. The summed E-state index contributed by atoms with van der Waals surface area (Å²) in [6.45, 7) is 4.41. The van der Waals surface area contributed by atoms with Gasteiger partial charge < -0.3 is 4.90 Å². The maximum atomic E-state index is 12.9. The number of rotatable bonds is 5. The van der Waals surface area contributed by atoms with Crippen LogP contribution in [-0.4, -0.2) is 56.2 Å². The summed E-state index contributed by atoms with van der Waals surface area (Å²) in [6.07, 6.45) is 2.44. The van der Waals surface area contributed by atoms with Gasteiger partial charge in [-0.15, -0.1) is 22.9 Å². The highest BCUT2D eigenvalue weighted by atomic mass is 35.5. The average Bonchev–Trinajstić information content (AvgIpc) is 2.82. The minimum absolute atomic E-state index is 0.0566. The molecule has 4 nitrogen and oxygen atoms in total. The van der Waals surface area contributed by atoms with E-state index < -0.39 is 10.0 Å². The molecule has 0 spiro atoms. The number of likely N-dealkylation sites (N-methyl/N-ethyl adjacent to an activating group) is 1. The van der Waals surface area contributed by atoms with E-state index in [0.717, 1.165) is 37.2 Å². The lowest BCUT2D eigenvalue weighted by Gasteiger charge is -2.28. The van der Waals surface area contributed by atoms with Crippen molar-refractivity contribution in [2.45, 2.75) is 36.4 Å². The summed E-state index contributed by atoms with van der Waals surface area (Å²) < 4.78 is 28.0. The third-order valence-electron chi connectivity index (χ3n) is 3.86. The molecule has 120 valence electrons. The second-order valence-corrected chi connectivity index (χ2v) is 9.12. The summed E-state index contributed by atoms with van der Waals surface area (Å²) >= 11 is 7.08. The van der Waals surface area contributed by atoms with Crippen molar-refractivity contribution < 1.29 is 8.42 Å². The van der Waals surface area contributed by atoms with Crippen molar-refractivity contribution in [3.05, 3.63) is 17.0 Å². The Kier molecular flexibility index (Phi) is 6.08. The van der Waals surface area contributed by atoms with Crippen LogP contribution < -0.4 is 0 Å². The Hall–Kier alpha value is -0.140. The first-order valence-corrected chi connectivity index (χ1v) is 10.1. The van der Waals surface area contributed by atoms with Gasteiger partial charge in [-0.05, 0) is 45.0 Å². The summed E-state index contributed by atoms with van der Waals surface area (Å²) in [5, 5.41) is 0. The molecule has 1 aromatic heterocycles. The van der Waals surface area contributed by atoms with Crippen LogP contribution >= 0.6 is 22.9 Å². The fraction of sp³-hybridized carbons (Fsp3) is 0.714. The van der Waals surface area contributed by atoms with Gasteiger partial charge >= 0.3 is 0 Å². The molecular weight excluding hydrogens is 328 g/mol. The van der Waals surface area contributed by atoms with Crippen LogP contribution in [0.15, 0.2) is 16.3 Å². The van der Waals surface area contributed by atoms with Crippen molar-refractivity contribution >= 4 is 33.0 Å². The molecule has 21 heavy (non-hydrogen) atoms. The predicted molar refractivity (Wildman–Crippen MR) is 88.8 cm³/mol. The Bertz CT molecular complexity index is 559. The number of hydrogen-bond acceptors (Lipinski definition) is 4. The number of halogens is 1. The number of thiophene rings is 1. The Morgan fingerprint density at radius 1 is 1.38 bits per heavy atom. The molecule has 2 heterocycles. The highest BCUT2D eigenvalue weighted by molar-refractivity contribution is 7.91. The third-order valence-corrected chi connectivity index (χ3v) is 7.61. The van der Waals surface area contributed by atoms with E-state index in [9.17, 15) is 8.42 Å². The minimum Gasteiger partial charge on any atom is -0.305 e. The molecule has 2 rings (SSSR count). The van der Waals surface area contributed by atoms with Crippen LogP contribution in [0.2, 0.25) is 0 Å². The Labute approximate surface area is 136 Å². The second kappa shape index (κ2) is 7.42. The van der Waals surface area contributed by atoms with Crippen LogP contribution in [0.1, 0.15) is 24.6 Å². The van der Waals surface area contributed by atoms with Gasteiger partial charge in [-0.3, -0.25) is 0 Å². The molecule has 7 heteroatoms. The van der Waals surface area contributed by atoms with Gasteiger partial charge in [0.05, 0.1) is 0 Å². The summed E-state index contributed by atoms with van der Waals surface area (Å²) in [5.74, 6) is 0.520. The predicted octanol–water partition coefficient (Wildman–Crippen LogP) is 2.63. The van der Waals surface area contributed by atoms with E-state index in [2.05, 4.69) is 18.9 Å². The van der Waals surface area contributed by atoms with Crippen LogP contribution in [0.3, 0.4) is 0 Å². The van der Waals surface area contributed by atoms with Gasteiger partial charge in [-0.2, -0.15) is 4.31 Å². The standard InChI is InChI=1S/C14H23ClN2O2S2/c1-3-12-11-16(2)9-4-10-17(12)21(18,19)14-6-5-13(20-14)7-8-15/h5-6,12H,3-4,7-11H2,1-2H3. The zero-order chi connectivity index (χ0) is 15.5. The Balaban J connectivity index is 2.27. The van der Waals surface area contributed by atoms with Crippen molar-refractivity contribution in [2.75, 3.05) is 32.6 Å². The van der Waals surface area contributed by atoms with E-state index in [1.54, 1.807) is 10.4 Å². The lowest BCUT2D eigenvalue weighted by atomic mass is 10.2. The van der Waals surface area contributed by atoms with Gasteiger partial charge in [0.2, 0.25) is 0 Å². The normalized spacial score (nSPS) is 22.3. The lowest BCUT2D eigenvalue weighted by Crippen LogP contribution is -2.43. The van der Waals surface area contributed by atoms with Crippen LogP contribution in [0.25, 0.3) is 0 Å². The lowest BCUT2D eigenvalue weighted by molar-refractivity contribution is 0.270. The third kappa shape index (κ3) is 3.99. The molecule has 0 amide bonds. The van der Waals surface area contributed by atoms with Crippen molar-refractivity contribution in [1.82, 2.24) is 9.21 Å². The molecule has 0 N–H and O–H groups in total. The molecule has 0 saturated carbocycles. The maximum absolute atomic E-state index is 12.9. The summed E-state index contributed by atoms with van der Waals surface area (Å²) in [5.41, 5.74) is 0. The van der Waals surface area contributed by atoms with Crippen LogP contribution in [0.5, 0.6) is 0 Å². The van der Waals surface area contributed by atoms with Crippen molar-refractivity contribution in [3.8, 4) is 0 Å². The van der Waals surface area contributed by atoms with E-state index in [4.69, 9.17) is 11.6 Å². The summed E-state index contributed by atoms with van der Waals surface area (Å²) in [7, 11) is -1.33. The molecule has 1 saturated heterocycles. The smallest absolute Gasteiger partial charge is 0.252 e. The van der Waals surface area contributed by atoms with E-state index in [-0.39, 0.29) is 6.04 Å². The number of nitrogens with zero attached hydrogens (tertiary/aromatic N) is 2. The highest BCUT2D eigenvalue weighted by Crippen LogP contribution is 2.28. The van der Waals surface area contributed by atoms with Gasteiger partial charge in [0, 0.05) is 29.9 Å².